The van der Waals surface area contributed by atoms with Crippen LogP contribution in [0.15, 0.2) is 6.33 Å². The Labute approximate surface area is 106 Å². The van der Waals surface area contributed by atoms with Gasteiger partial charge in [0.05, 0.1) is 6.54 Å². The van der Waals surface area contributed by atoms with Crippen molar-refractivity contribution in [2.24, 2.45) is 0 Å². The van der Waals surface area contributed by atoms with Crippen molar-refractivity contribution in [1.82, 2.24) is 29.9 Å². The van der Waals surface area contributed by atoms with Crippen LogP contribution in [0.3, 0.4) is 0 Å². The molecule has 2 aromatic heterocycles. The number of nitrogens with zero attached hydrogens (tertiary/aromatic N) is 7. The molecule has 0 radical (unpaired) electrons. The Bertz CT molecular complexity index is 555. The van der Waals surface area contributed by atoms with E-state index in [0.717, 1.165) is 18.9 Å². The van der Waals surface area contributed by atoms with E-state index in [4.69, 9.17) is 23.2 Å². The number of aromatic nitrogens is 6. The smallest absolute Gasteiger partial charge is 0.245 e. The highest BCUT2D eigenvalue weighted by Crippen LogP contribution is 2.24. The van der Waals surface area contributed by atoms with Crippen molar-refractivity contribution in [2.75, 3.05) is 11.4 Å². The van der Waals surface area contributed by atoms with Gasteiger partial charge in [0.25, 0.3) is 0 Å². The molecule has 3 rings (SSSR count). The molecule has 0 saturated heterocycles. The van der Waals surface area contributed by atoms with Crippen molar-refractivity contribution in [2.45, 2.75) is 13.1 Å². The predicted octanol–water partition coefficient (Wildman–Crippen LogP) is 0.790. The fourth-order valence-corrected chi connectivity index (χ4v) is 2.05. The molecule has 0 aliphatic carbocycles. The summed E-state index contributed by atoms with van der Waals surface area (Å²) in [6.45, 7) is 2.11. The second kappa shape index (κ2) is 4.08. The molecule has 0 bridgehead atoms. The number of fused-ring (bicyclic) bond motifs is 1. The van der Waals surface area contributed by atoms with Gasteiger partial charge in [-0.25, -0.2) is 0 Å². The second-order valence-corrected chi connectivity index (χ2v) is 4.25. The second-order valence-electron chi connectivity index (χ2n) is 3.56. The van der Waals surface area contributed by atoms with E-state index < -0.39 is 0 Å². The SMILES string of the molecule is Clc1nnc(Cl)c(N2CCn3cnnc3C2)n1. The van der Waals surface area contributed by atoms with E-state index in [2.05, 4.69) is 25.4 Å². The van der Waals surface area contributed by atoms with Gasteiger partial charge in [0.15, 0.2) is 16.8 Å². The van der Waals surface area contributed by atoms with Crippen LogP contribution in [-0.4, -0.2) is 36.5 Å². The Morgan fingerprint density at radius 2 is 2.00 bits per heavy atom. The Kier molecular flexibility index (Phi) is 2.56. The summed E-state index contributed by atoms with van der Waals surface area (Å²) in [6, 6.07) is 0. The predicted molar refractivity (Wildman–Crippen MR) is 60.9 cm³/mol. The van der Waals surface area contributed by atoms with Crippen LogP contribution in [0.4, 0.5) is 5.82 Å². The van der Waals surface area contributed by atoms with E-state index in [1.165, 1.54) is 0 Å². The average Bonchev–Trinajstić information content (AvgIpc) is 2.79. The minimum atomic E-state index is 0.0800. The lowest BCUT2D eigenvalue weighted by Gasteiger charge is -2.27. The van der Waals surface area contributed by atoms with Gasteiger partial charge < -0.3 is 9.47 Å². The van der Waals surface area contributed by atoms with Crippen LogP contribution >= 0.6 is 23.2 Å². The third kappa shape index (κ3) is 1.91. The molecule has 9 heteroatoms. The van der Waals surface area contributed by atoms with Crippen LogP contribution in [-0.2, 0) is 13.1 Å². The first-order valence-corrected chi connectivity index (χ1v) is 5.67. The third-order valence-corrected chi connectivity index (χ3v) is 2.95. The first kappa shape index (κ1) is 10.7. The molecule has 1 aliphatic heterocycles. The van der Waals surface area contributed by atoms with E-state index in [-0.39, 0.29) is 10.4 Å². The quantitative estimate of drug-likeness (QED) is 0.764. The van der Waals surface area contributed by atoms with Crippen LogP contribution in [0.2, 0.25) is 10.4 Å². The van der Waals surface area contributed by atoms with Gasteiger partial charge in [-0.05, 0) is 11.6 Å². The molecular weight excluding hydrogens is 265 g/mol. The molecule has 0 spiro atoms. The highest BCUT2D eigenvalue weighted by molar-refractivity contribution is 6.32. The topological polar surface area (TPSA) is 72.6 Å². The van der Waals surface area contributed by atoms with Crippen molar-refractivity contribution < 1.29 is 0 Å². The zero-order valence-electron chi connectivity index (χ0n) is 8.59. The molecule has 3 heterocycles. The summed E-state index contributed by atoms with van der Waals surface area (Å²) < 4.78 is 1.99. The molecule has 0 atom stereocenters. The van der Waals surface area contributed by atoms with Crippen molar-refractivity contribution in [3.05, 3.63) is 22.6 Å². The molecule has 0 unspecified atom stereocenters. The fraction of sp³-hybridized carbons (Fsp3) is 0.375. The van der Waals surface area contributed by atoms with Gasteiger partial charge >= 0.3 is 0 Å². The molecule has 17 heavy (non-hydrogen) atoms. The zero-order chi connectivity index (χ0) is 11.8. The summed E-state index contributed by atoms with van der Waals surface area (Å²) in [6.07, 6.45) is 1.71. The standard InChI is InChI=1S/C8H7Cl2N7/c9-6-7(12-8(10)15-14-6)16-1-2-17-4-11-13-5(17)3-16/h4H,1-3H2. The van der Waals surface area contributed by atoms with Gasteiger partial charge in [0, 0.05) is 13.1 Å². The summed E-state index contributed by atoms with van der Waals surface area (Å²) in [4.78, 5) is 6.03. The zero-order valence-corrected chi connectivity index (χ0v) is 10.1. The first-order valence-electron chi connectivity index (χ1n) is 4.91. The van der Waals surface area contributed by atoms with Gasteiger partial charge in [-0.15, -0.1) is 20.4 Å². The van der Waals surface area contributed by atoms with Gasteiger partial charge in [0.1, 0.15) is 6.33 Å². The molecule has 0 N–H and O–H groups in total. The molecule has 7 nitrogen and oxygen atoms in total. The van der Waals surface area contributed by atoms with E-state index >= 15 is 0 Å². The number of anilines is 1. The number of halogens is 2. The van der Waals surface area contributed by atoms with Gasteiger partial charge in [0.2, 0.25) is 5.28 Å². The van der Waals surface area contributed by atoms with Gasteiger partial charge in [-0.1, -0.05) is 11.6 Å². The molecular formula is C8H7Cl2N7. The molecule has 2 aromatic rings. The van der Waals surface area contributed by atoms with Crippen LogP contribution in [0, 0.1) is 0 Å². The highest BCUT2D eigenvalue weighted by atomic mass is 35.5. The number of hydrogen-bond acceptors (Lipinski definition) is 6. The van der Waals surface area contributed by atoms with E-state index in [0.29, 0.717) is 12.4 Å². The largest absolute Gasteiger partial charge is 0.345 e. The minimum Gasteiger partial charge on any atom is -0.345 e. The maximum absolute atomic E-state index is 5.95. The number of hydrogen-bond donors (Lipinski definition) is 0. The van der Waals surface area contributed by atoms with Crippen LogP contribution in [0.25, 0.3) is 0 Å². The van der Waals surface area contributed by atoms with Crippen LogP contribution < -0.4 is 4.90 Å². The lowest BCUT2D eigenvalue weighted by atomic mass is 10.3. The van der Waals surface area contributed by atoms with E-state index in [1.807, 2.05) is 9.47 Å². The summed E-state index contributed by atoms with van der Waals surface area (Å²) >= 11 is 11.7. The number of rotatable bonds is 1. The summed E-state index contributed by atoms with van der Waals surface area (Å²) in [7, 11) is 0. The Morgan fingerprint density at radius 1 is 1.12 bits per heavy atom. The Morgan fingerprint density at radius 3 is 2.88 bits per heavy atom. The maximum atomic E-state index is 5.95. The first-order chi connectivity index (χ1) is 8.24. The molecule has 0 aromatic carbocycles. The van der Waals surface area contributed by atoms with Crippen molar-refractivity contribution in [3.8, 4) is 0 Å². The Balaban J connectivity index is 1.94. The minimum absolute atomic E-state index is 0.0800. The molecule has 0 amide bonds. The average molecular weight is 272 g/mol. The fourth-order valence-electron chi connectivity index (χ4n) is 1.73. The molecule has 88 valence electrons. The van der Waals surface area contributed by atoms with Crippen LogP contribution in [0.1, 0.15) is 5.82 Å². The van der Waals surface area contributed by atoms with Gasteiger partial charge in [-0.2, -0.15) is 4.98 Å². The van der Waals surface area contributed by atoms with Crippen molar-refractivity contribution in [1.29, 1.82) is 0 Å². The van der Waals surface area contributed by atoms with Crippen molar-refractivity contribution >= 4 is 29.0 Å². The molecule has 1 aliphatic rings. The van der Waals surface area contributed by atoms with Crippen molar-refractivity contribution in [3.63, 3.8) is 0 Å². The Hall–Kier alpha value is -1.47. The summed E-state index contributed by atoms with van der Waals surface area (Å²) in [5, 5.41) is 15.5. The summed E-state index contributed by atoms with van der Waals surface area (Å²) in [5.41, 5.74) is 0. The lowest BCUT2D eigenvalue weighted by molar-refractivity contribution is 0.554. The normalized spacial score (nSPS) is 14.8. The van der Waals surface area contributed by atoms with E-state index in [1.54, 1.807) is 6.33 Å². The molecule has 0 fully saturated rings. The highest BCUT2D eigenvalue weighted by Gasteiger charge is 2.21. The third-order valence-electron chi connectivity index (χ3n) is 2.54. The lowest BCUT2D eigenvalue weighted by Crippen LogP contribution is -2.34. The van der Waals surface area contributed by atoms with Gasteiger partial charge in [-0.3, -0.25) is 0 Å². The molecule has 0 saturated carbocycles. The van der Waals surface area contributed by atoms with E-state index in [9.17, 15) is 0 Å². The maximum Gasteiger partial charge on any atom is 0.245 e. The summed E-state index contributed by atoms with van der Waals surface area (Å²) in [5.74, 6) is 1.39. The van der Waals surface area contributed by atoms with Crippen LogP contribution in [0.5, 0.6) is 0 Å². The monoisotopic (exact) mass is 271 g/mol.